The van der Waals surface area contributed by atoms with Crippen molar-refractivity contribution in [1.82, 2.24) is 14.3 Å². The van der Waals surface area contributed by atoms with Crippen molar-refractivity contribution < 1.29 is 4.79 Å². The van der Waals surface area contributed by atoms with Crippen molar-refractivity contribution in [2.45, 2.75) is 58.5 Å². The Morgan fingerprint density at radius 1 is 1.24 bits per heavy atom. The van der Waals surface area contributed by atoms with Crippen LogP contribution in [-0.4, -0.2) is 20.1 Å². The second kappa shape index (κ2) is 5.88. The number of nitrogens with zero attached hydrogens (tertiary/aromatic N) is 3. The molecule has 21 heavy (non-hydrogen) atoms. The molecule has 0 saturated heterocycles. The number of hydrogen-bond donors (Lipinski definition) is 0. The molecule has 0 radical (unpaired) electrons. The van der Waals surface area contributed by atoms with Gasteiger partial charge in [0.2, 0.25) is 0 Å². The van der Waals surface area contributed by atoms with E-state index in [9.17, 15) is 4.79 Å². The largest absolute Gasteiger partial charge is 0.347 e. The Morgan fingerprint density at radius 3 is 2.76 bits per heavy atom. The first-order valence-electron chi connectivity index (χ1n) is 7.97. The molecule has 2 aromatic heterocycles. The molecule has 0 amide bonds. The first kappa shape index (κ1) is 14.1. The summed E-state index contributed by atoms with van der Waals surface area (Å²) in [6.45, 7) is 5.13. The molecule has 0 atom stereocenters. The van der Waals surface area contributed by atoms with Crippen molar-refractivity contribution in [2.75, 3.05) is 0 Å². The summed E-state index contributed by atoms with van der Waals surface area (Å²) in [5, 5.41) is 4.68. The lowest BCUT2D eigenvalue weighted by atomic mass is 9.95. The van der Waals surface area contributed by atoms with E-state index in [1.54, 1.807) is 0 Å². The van der Waals surface area contributed by atoms with E-state index in [0.29, 0.717) is 12.5 Å². The van der Waals surface area contributed by atoms with E-state index in [0.717, 1.165) is 43.5 Å². The number of aryl methyl sites for hydroxylation is 1. The predicted octanol–water partition coefficient (Wildman–Crippen LogP) is 3.61. The molecule has 0 aliphatic heterocycles. The minimum atomic E-state index is 0.289. The van der Waals surface area contributed by atoms with E-state index in [-0.39, 0.29) is 5.78 Å². The molecule has 0 aromatic carbocycles. The fourth-order valence-electron chi connectivity index (χ4n) is 3.19. The summed E-state index contributed by atoms with van der Waals surface area (Å²) in [6, 6.07) is 2.57. The molecule has 2 aromatic rings. The number of Topliss-reactive ketones (excluding diaryl/α,β-unsaturated/α-hetero) is 1. The van der Waals surface area contributed by atoms with Crippen molar-refractivity contribution in [3.05, 3.63) is 41.5 Å². The molecule has 4 heteroatoms. The molecule has 0 spiro atoms. The van der Waals surface area contributed by atoms with Gasteiger partial charge in [-0.3, -0.25) is 9.48 Å². The van der Waals surface area contributed by atoms with Gasteiger partial charge in [-0.15, -0.1) is 0 Å². The highest BCUT2D eigenvalue weighted by molar-refractivity contribution is 5.98. The fourth-order valence-corrected chi connectivity index (χ4v) is 3.19. The van der Waals surface area contributed by atoms with Crippen LogP contribution in [0.4, 0.5) is 0 Å². The van der Waals surface area contributed by atoms with Crippen LogP contribution in [-0.2, 0) is 13.0 Å². The summed E-state index contributed by atoms with van der Waals surface area (Å²) in [7, 11) is 0. The van der Waals surface area contributed by atoms with E-state index in [1.165, 1.54) is 5.56 Å². The van der Waals surface area contributed by atoms with Crippen molar-refractivity contribution >= 4 is 5.78 Å². The number of carbonyl (C=O) groups is 1. The van der Waals surface area contributed by atoms with Crippen molar-refractivity contribution in [3.8, 4) is 0 Å². The average molecular weight is 285 g/mol. The second-order valence-electron chi connectivity index (χ2n) is 5.90. The molecule has 0 N–H and O–H groups in total. The standard InChI is InChI=1S/C17H23N3O/c1-3-15(4-2)20-9-8-14(18-20)11-19-10-13-6-5-7-17(21)16(13)12-19/h8-10,12,15H,3-7,11H2,1-2H3. The van der Waals surface area contributed by atoms with Crippen LogP contribution in [0.25, 0.3) is 0 Å². The van der Waals surface area contributed by atoms with Gasteiger partial charge in [-0.2, -0.15) is 5.10 Å². The molecule has 4 nitrogen and oxygen atoms in total. The first-order valence-corrected chi connectivity index (χ1v) is 7.97. The van der Waals surface area contributed by atoms with Crippen LogP contribution in [0.2, 0.25) is 0 Å². The van der Waals surface area contributed by atoms with Crippen LogP contribution in [0, 0.1) is 0 Å². The lowest BCUT2D eigenvalue weighted by Crippen LogP contribution is -2.08. The highest BCUT2D eigenvalue weighted by atomic mass is 16.1. The number of carbonyl (C=O) groups excluding carboxylic acids is 1. The zero-order valence-electron chi connectivity index (χ0n) is 12.9. The molecule has 0 unspecified atom stereocenters. The van der Waals surface area contributed by atoms with Crippen LogP contribution in [0.5, 0.6) is 0 Å². The molecule has 112 valence electrons. The molecule has 2 heterocycles. The summed E-state index contributed by atoms with van der Waals surface area (Å²) in [5.74, 6) is 0.289. The molecule has 3 rings (SSSR count). The number of fused-ring (bicyclic) bond motifs is 1. The van der Waals surface area contributed by atoms with Gasteiger partial charge >= 0.3 is 0 Å². The molecule has 0 fully saturated rings. The Labute approximate surface area is 125 Å². The average Bonchev–Trinajstić information content (AvgIpc) is 3.08. The van der Waals surface area contributed by atoms with Crippen molar-refractivity contribution in [2.24, 2.45) is 0 Å². The minimum Gasteiger partial charge on any atom is -0.347 e. The topological polar surface area (TPSA) is 39.8 Å². The van der Waals surface area contributed by atoms with E-state index in [4.69, 9.17) is 0 Å². The van der Waals surface area contributed by atoms with Crippen LogP contribution in [0.1, 0.15) is 67.2 Å². The maximum atomic E-state index is 11.9. The zero-order chi connectivity index (χ0) is 14.8. The number of hydrogen-bond acceptors (Lipinski definition) is 2. The van der Waals surface area contributed by atoms with Crippen LogP contribution < -0.4 is 0 Å². The highest BCUT2D eigenvalue weighted by Crippen LogP contribution is 2.22. The Bertz CT molecular complexity index is 634. The Kier molecular flexibility index (Phi) is 3.95. The normalized spacial score (nSPS) is 14.7. The molecule has 0 bridgehead atoms. The minimum absolute atomic E-state index is 0.289. The van der Waals surface area contributed by atoms with E-state index < -0.39 is 0 Å². The second-order valence-corrected chi connectivity index (χ2v) is 5.90. The van der Waals surface area contributed by atoms with Crippen molar-refractivity contribution in [1.29, 1.82) is 0 Å². The van der Waals surface area contributed by atoms with Gasteiger partial charge in [0.15, 0.2) is 5.78 Å². The third-order valence-corrected chi connectivity index (χ3v) is 4.44. The smallest absolute Gasteiger partial charge is 0.164 e. The third kappa shape index (κ3) is 2.80. The van der Waals surface area contributed by atoms with Crippen LogP contribution >= 0.6 is 0 Å². The Balaban J connectivity index is 1.77. The highest BCUT2D eigenvalue weighted by Gasteiger charge is 2.19. The first-order chi connectivity index (χ1) is 10.2. The van der Waals surface area contributed by atoms with Gasteiger partial charge in [0.25, 0.3) is 0 Å². The fraction of sp³-hybridized carbons (Fsp3) is 0.529. The number of aromatic nitrogens is 3. The SMILES string of the molecule is CCC(CC)n1ccc(Cn2cc3c(c2)C(=O)CCC3)n1. The van der Waals surface area contributed by atoms with E-state index in [1.807, 2.05) is 6.20 Å². The summed E-state index contributed by atoms with van der Waals surface area (Å²) in [6.07, 6.45) is 11.1. The quantitative estimate of drug-likeness (QED) is 0.842. The predicted molar refractivity (Wildman–Crippen MR) is 82.6 cm³/mol. The maximum absolute atomic E-state index is 11.9. The van der Waals surface area contributed by atoms with Gasteiger partial charge in [-0.05, 0) is 37.3 Å². The lowest BCUT2D eigenvalue weighted by molar-refractivity contribution is 0.0973. The monoisotopic (exact) mass is 285 g/mol. The summed E-state index contributed by atoms with van der Waals surface area (Å²) < 4.78 is 4.18. The summed E-state index contributed by atoms with van der Waals surface area (Å²) >= 11 is 0. The van der Waals surface area contributed by atoms with Gasteiger partial charge in [0.1, 0.15) is 0 Å². The maximum Gasteiger partial charge on any atom is 0.164 e. The van der Waals surface area contributed by atoms with Gasteiger partial charge in [0, 0.05) is 30.6 Å². The molecular formula is C17H23N3O. The van der Waals surface area contributed by atoms with Crippen LogP contribution in [0.3, 0.4) is 0 Å². The Morgan fingerprint density at radius 2 is 2.05 bits per heavy atom. The third-order valence-electron chi connectivity index (χ3n) is 4.44. The van der Waals surface area contributed by atoms with Crippen LogP contribution in [0.15, 0.2) is 24.7 Å². The molecule has 0 saturated carbocycles. The summed E-state index contributed by atoms with van der Waals surface area (Å²) in [5.41, 5.74) is 3.17. The number of ketones is 1. The van der Waals surface area contributed by atoms with Gasteiger partial charge in [0.05, 0.1) is 18.3 Å². The Hall–Kier alpha value is -1.84. The molecular weight excluding hydrogens is 262 g/mol. The van der Waals surface area contributed by atoms with Gasteiger partial charge < -0.3 is 4.57 Å². The summed E-state index contributed by atoms with van der Waals surface area (Å²) in [4.78, 5) is 11.9. The molecule has 1 aliphatic rings. The zero-order valence-corrected chi connectivity index (χ0v) is 12.9. The van der Waals surface area contributed by atoms with E-state index in [2.05, 4.69) is 46.7 Å². The van der Waals surface area contributed by atoms with Gasteiger partial charge in [-0.25, -0.2) is 0 Å². The lowest BCUT2D eigenvalue weighted by Gasteiger charge is -2.12. The van der Waals surface area contributed by atoms with Gasteiger partial charge in [-0.1, -0.05) is 13.8 Å². The molecule has 1 aliphatic carbocycles. The van der Waals surface area contributed by atoms with E-state index >= 15 is 0 Å². The van der Waals surface area contributed by atoms with Crippen molar-refractivity contribution in [3.63, 3.8) is 0 Å². The number of rotatable bonds is 5.